The van der Waals surface area contributed by atoms with Gasteiger partial charge >= 0.3 is 5.91 Å². The van der Waals surface area contributed by atoms with E-state index in [1.54, 1.807) is 37.4 Å². The van der Waals surface area contributed by atoms with Crippen molar-refractivity contribution in [2.24, 2.45) is 0 Å². The molecule has 5 rings (SSSR count). The third kappa shape index (κ3) is 4.85. The summed E-state index contributed by atoms with van der Waals surface area (Å²) >= 11 is 1.33. The number of aliphatic hydroxyl groups is 1. The first kappa shape index (κ1) is 26.4. The van der Waals surface area contributed by atoms with E-state index in [-0.39, 0.29) is 11.3 Å². The fraction of sp³-hybridized carbons (Fsp3) is 0.267. The number of aromatic nitrogens is 2. The van der Waals surface area contributed by atoms with Crippen LogP contribution in [0.1, 0.15) is 48.1 Å². The minimum atomic E-state index is -0.932. The molecule has 1 atom stereocenters. The van der Waals surface area contributed by atoms with E-state index in [0.717, 1.165) is 34.2 Å². The van der Waals surface area contributed by atoms with Crippen molar-refractivity contribution in [2.45, 2.75) is 39.7 Å². The Morgan fingerprint density at radius 2 is 1.85 bits per heavy atom. The standard InChI is InChI=1S/C30H29N3O5S/c1-5-6-13-38-21-8-7-20(16-22(21)37-4)26-24(27(34)19-9-11-31-12-10-19)28(35)29(36)33(26)30-32-25-18(3)14-17(2)15-23(25)39-30/h7-12,14-16,26,34H,5-6,13H2,1-4H3/b27-24+. The molecule has 2 aromatic heterocycles. The highest BCUT2D eigenvalue weighted by Crippen LogP contribution is 2.46. The van der Waals surface area contributed by atoms with Crippen LogP contribution >= 0.6 is 11.3 Å². The molecule has 8 nitrogen and oxygen atoms in total. The number of methoxy groups -OCH3 is 1. The van der Waals surface area contributed by atoms with Crippen LogP contribution in [0.25, 0.3) is 16.0 Å². The molecule has 39 heavy (non-hydrogen) atoms. The van der Waals surface area contributed by atoms with Gasteiger partial charge in [-0.15, -0.1) is 0 Å². The summed E-state index contributed by atoms with van der Waals surface area (Å²) in [5.74, 6) is -0.797. The van der Waals surface area contributed by atoms with E-state index in [9.17, 15) is 14.7 Å². The molecule has 1 fully saturated rings. The molecule has 4 aromatic rings. The van der Waals surface area contributed by atoms with Gasteiger partial charge in [0.2, 0.25) is 0 Å². The highest BCUT2D eigenvalue weighted by atomic mass is 32.1. The number of benzene rings is 2. The highest BCUT2D eigenvalue weighted by molar-refractivity contribution is 7.22. The minimum absolute atomic E-state index is 0.0277. The van der Waals surface area contributed by atoms with Gasteiger partial charge in [0.1, 0.15) is 5.76 Å². The van der Waals surface area contributed by atoms with Crippen molar-refractivity contribution in [2.75, 3.05) is 18.6 Å². The van der Waals surface area contributed by atoms with Crippen LogP contribution in [0.3, 0.4) is 0 Å². The molecule has 1 saturated heterocycles. The molecule has 1 amide bonds. The van der Waals surface area contributed by atoms with Crippen molar-refractivity contribution < 1.29 is 24.2 Å². The quantitative estimate of drug-likeness (QED) is 0.124. The zero-order valence-corrected chi connectivity index (χ0v) is 23.0. The summed E-state index contributed by atoms with van der Waals surface area (Å²) in [7, 11) is 1.54. The molecule has 1 aliphatic heterocycles. The van der Waals surface area contributed by atoms with Crippen LogP contribution < -0.4 is 14.4 Å². The van der Waals surface area contributed by atoms with Gasteiger partial charge in [-0.05, 0) is 67.3 Å². The average Bonchev–Trinajstić information content (AvgIpc) is 3.47. The Balaban J connectivity index is 1.70. The normalized spacial score (nSPS) is 16.7. The third-order valence-electron chi connectivity index (χ3n) is 6.68. The predicted molar refractivity (Wildman–Crippen MR) is 152 cm³/mol. The first-order chi connectivity index (χ1) is 18.8. The number of ether oxygens (including phenoxy) is 2. The molecule has 1 N–H and O–H groups in total. The summed E-state index contributed by atoms with van der Waals surface area (Å²) in [6.07, 6.45) is 4.92. The Bertz CT molecular complexity index is 1600. The van der Waals surface area contributed by atoms with Crippen molar-refractivity contribution in [3.05, 3.63) is 82.7 Å². The number of Topliss-reactive ketones (excluding diaryl/α,β-unsaturated/α-hetero) is 1. The van der Waals surface area contributed by atoms with Gasteiger partial charge < -0.3 is 14.6 Å². The Labute approximate surface area is 230 Å². The molecule has 0 radical (unpaired) electrons. The number of nitrogens with zero attached hydrogens (tertiary/aromatic N) is 3. The second-order valence-electron chi connectivity index (χ2n) is 9.44. The molecule has 1 unspecified atom stereocenters. The molecule has 200 valence electrons. The number of aliphatic hydroxyl groups excluding tert-OH is 1. The lowest BCUT2D eigenvalue weighted by atomic mass is 9.95. The SMILES string of the molecule is CCCCOc1ccc(C2/C(=C(\O)c3ccncc3)C(=O)C(=O)N2c2nc3c(C)cc(C)cc3s2)cc1OC. The first-order valence-electron chi connectivity index (χ1n) is 12.7. The van der Waals surface area contributed by atoms with Crippen molar-refractivity contribution in [3.63, 3.8) is 0 Å². The monoisotopic (exact) mass is 543 g/mol. The van der Waals surface area contributed by atoms with Crippen LogP contribution in [0.5, 0.6) is 11.5 Å². The first-order valence-corrected chi connectivity index (χ1v) is 13.6. The van der Waals surface area contributed by atoms with Crippen molar-refractivity contribution in [1.29, 1.82) is 0 Å². The lowest BCUT2D eigenvalue weighted by molar-refractivity contribution is -0.132. The van der Waals surface area contributed by atoms with E-state index < -0.39 is 17.7 Å². The third-order valence-corrected chi connectivity index (χ3v) is 7.68. The number of aryl methyl sites for hydroxylation is 2. The maximum Gasteiger partial charge on any atom is 0.301 e. The van der Waals surface area contributed by atoms with E-state index in [0.29, 0.717) is 34.4 Å². The molecular weight excluding hydrogens is 514 g/mol. The highest BCUT2D eigenvalue weighted by Gasteiger charge is 2.48. The van der Waals surface area contributed by atoms with Crippen LogP contribution in [-0.4, -0.2) is 40.5 Å². The second kappa shape index (κ2) is 10.9. The number of unbranched alkanes of at least 4 members (excludes halogenated alkanes) is 1. The van der Waals surface area contributed by atoms with E-state index in [4.69, 9.17) is 14.5 Å². The number of carbonyl (C=O) groups excluding carboxylic acids is 2. The van der Waals surface area contributed by atoms with Crippen molar-refractivity contribution in [1.82, 2.24) is 9.97 Å². The summed E-state index contributed by atoms with van der Waals surface area (Å²) in [5, 5.41) is 11.7. The molecular formula is C30H29N3O5S. The summed E-state index contributed by atoms with van der Waals surface area (Å²) in [6, 6.07) is 11.6. The largest absolute Gasteiger partial charge is 0.507 e. The molecule has 9 heteroatoms. The number of ketones is 1. The number of rotatable bonds is 8. The lowest BCUT2D eigenvalue weighted by Gasteiger charge is -2.24. The number of anilines is 1. The summed E-state index contributed by atoms with van der Waals surface area (Å²) in [4.78, 5) is 37.3. The van der Waals surface area contributed by atoms with Gasteiger partial charge in [-0.1, -0.05) is 36.8 Å². The number of hydrogen-bond donors (Lipinski definition) is 1. The number of fused-ring (bicyclic) bond motifs is 1. The predicted octanol–water partition coefficient (Wildman–Crippen LogP) is 6.12. The molecule has 0 spiro atoms. The average molecular weight is 544 g/mol. The lowest BCUT2D eigenvalue weighted by Crippen LogP contribution is -2.29. The molecule has 2 aromatic carbocycles. The van der Waals surface area contributed by atoms with Crippen LogP contribution in [0, 0.1) is 13.8 Å². The maximum absolute atomic E-state index is 13.6. The minimum Gasteiger partial charge on any atom is -0.507 e. The molecule has 0 bridgehead atoms. The van der Waals surface area contributed by atoms with Gasteiger partial charge in [-0.3, -0.25) is 19.5 Å². The van der Waals surface area contributed by atoms with Crippen molar-refractivity contribution in [3.8, 4) is 11.5 Å². The number of thiazole rings is 1. The Morgan fingerprint density at radius 3 is 2.56 bits per heavy atom. The zero-order valence-electron chi connectivity index (χ0n) is 22.2. The number of amides is 1. The van der Waals surface area contributed by atoms with Crippen LogP contribution in [0.15, 0.2) is 60.4 Å². The van der Waals surface area contributed by atoms with Crippen LogP contribution in [-0.2, 0) is 9.59 Å². The van der Waals surface area contributed by atoms with E-state index >= 15 is 0 Å². The van der Waals surface area contributed by atoms with Gasteiger partial charge in [0.25, 0.3) is 5.78 Å². The van der Waals surface area contributed by atoms with Crippen molar-refractivity contribution >= 4 is 44.1 Å². The van der Waals surface area contributed by atoms with E-state index in [1.807, 2.05) is 26.0 Å². The summed E-state index contributed by atoms with van der Waals surface area (Å²) in [5.41, 5.74) is 3.77. The van der Waals surface area contributed by atoms with Crippen LogP contribution in [0.4, 0.5) is 5.13 Å². The van der Waals surface area contributed by atoms with Crippen LogP contribution in [0.2, 0.25) is 0 Å². The molecule has 0 aliphatic carbocycles. The Morgan fingerprint density at radius 1 is 1.08 bits per heavy atom. The summed E-state index contributed by atoms with van der Waals surface area (Å²) in [6.45, 7) is 6.59. The number of carbonyl (C=O) groups is 2. The maximum atomic E-state index is 13.6. The fourth-order valence-electron chi connectivity index (χ4n) is 4.77. The van der Waals surface area contributed by atoms with Gasteiger partial charge in [0.15, 0.2) is 16.6 Å². The van der Waals surface area contributed by atoms with Gasteiger partial charge in [-0.2, -0.15) is 0 Å². The number of hydrogen-bond acceptors (Lipinski definition) is 8. The Kier molecular flexibility index (Phi) is 7.34. The van der Waals surface area contributed by atoms with Gasteiger partial charge in [-0.25, -0.2) is 4.98 Å². The molecule has 0 saturated carbocycles. The van der Waals surface area contributed by atoms with E-state index in [1.165, 1.54) is 28.6 Å². The summed E-state index contributed by atoms with van der Waals surface area (Å²) < 4.78 is 12.4. The van der Waals surface area contributed by atoms with Gasteiger partial charge in [0.05, 0.1) is 35.5 Å². The molecule has 1 aliphatic rings. The second-order valence-corrected chi connectivity index (χ2v) is 10.5. The fourth-order valence-corrected chi connectivity index (χ4v) is 5.94. The topological polar surface area (TPSA) is 102 Å². The smallest absolute Gasteiger partial charge is 0.301 e. The number of pyridine rings is 1. The van der Waals surface area contributed by atoms with E-state index in [2.05, 4.69) is 11.9 Å². The molecule has 3 heterocycles. The Hall–Kier alpha value is -4.24. The zero-order chi connectivity index (χ0) is 27.7. The van der Waals surface area contributed by atoms with Gasteiger partial charge in [0, 0.05) is 18.0 Å².